The number of hydrogen-bond donors (Lipinski definition) is 1. The Morgan fingerprint density at radius 1 is 1.36 bits per heavy atom. The lowest BCUT2D eigenvalue weighted by Crippen LogP contribution is -2.61. The first kappa shape index (κ1) is 23.4. The van der Waals surface area contributed by atoms with Gasteiger partial charge in [-0.05, 0) is 40.0 Å². The summed E-state index contributed by atoms with van der Waals surface area (Å²) in [5, 5.41) is 11.2. The third-order valence-electron chi connectivity index (χ3n) is 5.66. The molecule has 1 heterocycles. The van der Waals surface area contributed by atoms with Gasteiger partial charge >= 0.3 is 6.09 Å². The smallest absolute Gasteiger partial charge is 0.432 e. The summed E-state index contributed by atoms with van der Waals surface area (Å²) in [4.78, 5) is 23.4. The van der Waals surface area contributed by atoms with Crippen molar-refractivity contribution >= 4 is 35.4 Å². The highest BCUT2D eigenvalue weighted by Crippen LogP contribution is 2.54. The zero-order valence-corrected chi connectivity index (χ0v) is 18.4. The number of allylic oxidation sites excluding steroid dienone is 1. The first-order valence-corrected chi connectivity index (χ1v) is 10.2. The largest absolute Gasteiger partial charge is 0.442 e. The molecule has 7 nitrogen and oxygen atoms in total. The van der Waals surface area contributed by atoms with Gasteiger partial charge < -0.3 is 19.3 Å². The van der Waals surface area contributed by atoms with Crippen molar-refractivity contribution in [2.45, 2.75) is 76.5 Å². The molecule has 0 aromatic carbocycles. The molecule has 0 bridgehead atoms. The fourth-order valence-corrected chi connectivity index (χ4v) is 4.47. The van der Waals surface area contributed by atoms with Crippen LogP contribution in [-0.2, 0) is 19.0 Å². The van der Waals surface area contributed by atoms with Crippen LogP contribution in [0.4, 0.5) is 4.79 Å². The number of rotatable bonds is 6. The highest BCUT2D eigenvalue weighted by molar-refractivity contribution is 6.28. The number of imide groups is 1. The summed E-state index contributed by atoms with van der Waals surface area (Å²) in [6.45, 7) is 7.09. The van der Waals surface area contributed by atoms with Crippen LogP contribution < -0.4 is 0 Å². The molecule has 2 aliphatic rings. The normalized spacial score (nSPS) is 37.1. The van der Waals surface area contributed by atoms with Gasteiger partial charge in [0, 0.05) is 25.8 Å². The highest BCUT2D eigenvalue weighted by Gasteiger charge is 2.67. The second kappa shape index (κ2) is 8.88. The van der Waals surface area contributed by atoms with Gasteiger partial charge in [0.05, 0.1) is 23.5 Å². The van der Waals surface area contributed by atoms with Gasteiger partial charge in [0.15, 0.2) is 0 Å². The lowest BCUT2D eigenvalue weighted by atomic mass is 9.66. The Balaban J connectivity index is 2.25. The average molecular weight is 438 g/mol. The van der Waals surface area contributed by atoms with Crippen LogP contribution >= 0.6 is 23.4 Å². The molecule has 9 heteroatoms. The van der Waals surface area contributed by atoms with Crippen molar-refractivity contribution in [1.82, 2.24) is 4.42 Å². The summed E-state index contributed by atoms with van der Waals surface area (Å²) in [6, 6.07) is 0. The molecule has 28 heavy (non-hydrogen) atoms. The number of halogens is 2. The van der Waals surface area contributed by atoms with Gasteiger partial charge in [0.1, 0.15) is 17.8 Å². The minimum Gasteiger partial charge on any atom is -0.442 e. The van der Waals surface area contributed by atoms with Crippen LogP contribution in [0.25, 0.3) is 0 Å². The van der Waals surface area contributed by atoms with E-state index >= 15 is 0 Å². The summed E-state index contributed by atoms with van der Waals surface area (Å²) in [5.41, 5.74) is -0.737. The van der Waals surface area contributed by atoms with Crippen molar-refractivity contribution in [3.63, 3.8) is 0 Å². The number of epoxide rings is 1. The van der Waals surface area contributed by atoms with Gasteiger partial charge in [-0.2, -0.15) is 4.42 Å². The first-order chi connectivity index (χ1) is 13.0. The van der Waals surface area contributed by atoms with E-state index in [2.05, 4.69) is 6.08 Å². The van der Waals surface area contributed by atoms with Crippen LogP contribution in [0.1, 0.15) is 47.0 Å². The fourth-order valence-electron chi connectivity index (χ4n) is 4.13. The van der Waals surface area contributed by atoms with Crippen LogP contribution in [0.2, 0.25) is 0 Å². The van der Waals surface area contributed by atoms with E-state index in [9.17, 15) is 14.7 Å². The van der Waals surface area contributed by atoms with E-state index in [1.54, 1.807) is 0 Å². The molecule has 2 amide bonds. The summed E-state index contributed by atoms with van der Waals surface area (Å²) in [7, 11) is 1.48. The zero-order valence-electron chi connectivity index (χ0n) is 16.9. The summed E-state index contributed by atoms with van der Waals surface area (Å²) in [5.74, 6) is -1.17. The number of alkyl halides is 1. The average Bonchev–Trinajstić information content (AvgIpc) is 3.30. The van der Waals surface area contributed by atoms with Crippen LogP contribution in [-0.4, -0.2) is 64.0 Å². The van der Waals surface area contributed by atoms with E-state index in [4.69, 9.17) is 37.6 Å². The fraction of sp³-hybridized carbons (Fsp3) is 0.789. The number of methoxy groups -OCH3 is 1. The predicted molar refractivity (Wildman–Crippen MR) is 105 cm³/mol. The van der Waals surface area contributed by atoms with Gasteiger partial charge in [-0.25, -0.2) is 4.79 Å². The van der Waals surface area contributed by atoms with Crippen molar-refractivity contribution < 1.29 is 28.9 Å². The van der Waals surface area contributed by atoms with Crippen molar-refractivity contribution in [2.75, 3.05) is 13.0 Å². The van der Waals surface area contributed by atoms with Gasteiger partial charge in [0.2, 0.25) is 5.91 Å². The second-order valence-corrected chi connectivity index (χ2v) is 8.59. The second-order valence-electron chi connectivity index (χ2n) is 7.98. The molecule has 0 aromatic rings. The SMILES string of the molecule is COC1C(OC(=O)N(Cl)C(C)=O)CCC(O)(CCl)C1C1(C)OC1CC=C(C)C. The highest BCUT2D eigenvalue weighted by atomic mass is 35.5. The van der Waals surface area contributed by atoms with E-state index < -0.39 is 41.3 Å². The Hall–Kier alpha value is -0.860. The molecule has 0 aromatic heterocycles. The molecule has 1 N–H and O–H groups in total. The maximum absolute atomic E-state index is 12.1. The zero-order chi connectivity index (χ0) is 21.3. The molecule has 1 saturated heterocycles. The summed E-state index contributed by atoms with van der Waals surface area (Å²) >= 11 is 11.8. The maximum Gasteiger partial charge on any atom is 0.432 e. The topological polar surface area (TPSA) is 88.6 Å². The van der Waals surface area contributed by atoms with Gasteiger partial charge in [-0.1, -0.05) is 11.6 Å². The summed E-state index contributed by atoms with van der Waals surface area (Å²) in [6.07, 6.45) is 0.966. The summed E-state index contributed by atoms with van der Waals surface area (Å²) < 4.78 is 17.5. The Bertz CT molecular complexity index is 640. The number of carbonyl (C=O) groups excluding carboxylic acids is 2. The van der Waals surface area contributed by atoms with Crippen molar-refractivity contribution in [2.24, 2.45) is 5.92 Å². The lowest BCUT2D eigenvalue weighted by Gasteiger charge is -2.48. The quantitative estimate of drug-likeness (QED) is 0.296. The van der Waals surface area contributed by atoms with Gasteiger partial charge in [-0.15, -0.1) is 11.6 Å². The minimum absolute atomic E-state index is 0.00157. The Morgan fingerprint density at radius 3 is 2.50 bits per heavy atom. The van der Waals surface area contributed by atoms with Gasteiger partial charge in [0.25, 0.3) is 0 Å². The molecule has 160 valence electrons. The van der Waals surface area contributed by atoms with E-state index in [-0.39, 0.29) is 12.0 Å². The van der Waals surface area contributed by atoms with Crippen LogP contribution in [0.3, 0.4) is 0 Å². The molecule has 2 rings (SSSR count). The van der Waals surface area contributed by atoms with Crippen molar-refractivity contribution in [3.05, 3.63) is 11.6 Å². The van der Waals surface area contributed by atoms with Gasteiger partial charge in [-0.3, -0.25) is 4.79 Å². The van der Waals surface area contributed by atoms with E-state index in [0.29, 0.717) is 23.7 Å². The molecular weight excluding hydrogens is 409 g/mol. The van der Waals surface area contributed by atoms with E-state index in [1.807, 2.05) is 20.8 Å². The molecule has 6 unspecified atom stereocenters. The van der Waals surface area contributed by atoms with Crippen molar-refractivity contribution in [1.29, 1.82) is 0 Å². The Morgan fingerprint density at radius 2 is 2.00 bits per heavy atom. The maximum atomic E-state index is 12.1. The first-order valence-electron chi connectivity index (χ1n) is 9.29. The molecule has 0 radical (unpaired) electrons. The van der Waals surface area contributed by atoms with Crippen LogP contribution in [0.15, 0.2) is 11.6 Å². The minimum atomic E-state index is -1.24. The third-order valence-corrected chi connectivity index (χ3v) is 6.50. The number of carbonyl (C=O) groups is 2. The lowest BCUT2D eigenvalue weighted by molar-refractivity contribution is -0.172. The standard InChI is InChI=1S/C19H29Cl2NO6/c1-11(2)6-7-14-18(4,28-14)16-15(26-5)13(8-9-19(16,25)10-20)27-17(24)22(21)12(3)23/h6,13-16,25H,7-10H2,1-5H3. The number of nitrogens with zero attached hydrogens (tertiary/aromatic N) is 1. The molecule has 6 atom stereocenters. The number of hydrogen-bond acceptors (Lipinski definition) is 6. The molecule has 2 fully saturated rings. The molecule has 1 aliphatic carbocycles. The molecule has 0 spiro atoms. The predicted octanol–water partition coefficient (Wildman–Crippen LogP) is 3.40. The number of amides is 2. The number of aliphatic hydroxyl groups is 1. The molecule has 1 aliphatic heterocycles. The Labute approximate surface area is 176 Å². The molecule has 1 saturated carbocycles. The monoisotopic (exact) mass is 437 g/mol. The molecular formula is C19H29Cl2NO6. The van der Waals surface area contributed by atoms with E-state index in [1.165, 1.54) is 12.7 Å². The van der Waals surface area contributed by atoms with E-state index in [0.717, 1.165) is 6.92 Å². The third kappa shape index (κ3) is 4.65. The van der Waals surface area contributed by atoms with Crippen LogP contribution in [0.5, 0.6) is 0 Å². The Kier molecular flexibility index (Phi) is 7.42. The number of ether oxygens (including phenoxy) is 3. The van der Waals surface area contributed by atoms with Crippen molar-refractivity contribution in [3.8, 4) is 0 Å². The van der Waals surface area contributed by atoms with Crippen LogP contribution in [0, 0.1) is 5.92 Å².